The van der Waals surface area contributed by atoms with E-state index in [1.54, 1.807) is 17.8 Å². The van der Waals surface area contributed by atoms with Gasteiger partial charge in [0.1, 0.15) is 0 Å². The maximum atomic E-state index is 11.8. The van der Waals surface area contributed by atoms with Crippen LogP contribution in [0.3, 0.4) is 0 Å². The minimum absolute atomic E-state index is 0.00628. The van der Waals surface area contributed by atoms with Crippen molar-refractivity contribution in [2.24, 2.45) is 7.05 Å². The predicted octanol–water partition coefficient (Wildman–Crippen LogP) is 3.48. The van der Waals surface area contributed by atoms with Gasteiger partial charge in [-0.05, 0) is 30.7 Å². The fourth-order valence-corrected chi connectivity index (χ4v) is 3.19. The lowest BCUT2D eigenvalue weighted by molar-refractivity contribution is 0.854. The molecule has 0 atom stereocenters. The maximum absolute atomic E-state index is 11.8. The summed E-state index contributed by atoms with van der Waals surface area (Å²) in [5.74, 6) is 0.528. The predicted molar refractivity (Wildman–Crippen MR) is 94.1 cm³/mol. The number of anilines is 1. The van der Waals surface area contributed by atoms with E-state index in [-0.39, 0.29) is 4.87 Å². The van der Waals surface area contributed by atoms with Gasteiger partial charge in [-0.1, -0.05) is 35.1 Å². The number of nitrogens with zero attached hydrogens (tertiary/aromatic N) is 3. The number of benzene rings is 1. The van der Waals surface area contributed by atoms with Crippen LogP contribution >= 0.6 is 22.9 Å². The van der Waals surface area contributed by atoms with Crippen LogP contribution in [0.15, 0.2) is 41.3 Å². The highest BCUT2D eigenvalue weighted by Gasteiger charge is 2.12. The summed E-state index contributed by atoms with van der Waals surface area (Å²) in [4.78, 5) is 21.4. The molecular formula is C16H15ClN4OS. The SMILES string of the molecule is Cc1c(-c2ccnc(NCc3ccc(Cl)cc3)n2)sc(=O)n1C. The molecule has 0 spiro atoms. The third-order valence-corrected chi connectivity index (χ3v) is 4.96. The average molecular weight is 347 g/mol. The molecule has 0 unspecified atom stereocenters. The van der Waals surface area contributed by atoms with Crippen LogP contribution in [0, 0.1) is 6.92 Å². The largest absolute Gasteiger partial charge is 0.350 e. The first-order chi connectivity index (χ1) is 11.0. The minimum Gasteiger partial charge on any atom is -0.350 e. The van der Waals surface area contributed by atoms with Gasteiger partial charge in [-0.15, -0.1) is 0 Å². The summed E-state index contributed by atoms with van der Waals surface area (Å²) >= 11 is 7.07. The molecule has 0 radical (unpaired) electrons. The van der Waals surface area contributed by atoms with E-state index in [9.17, 15) is 4.79 Å². The normalized spacial score (nSPS) is 10.7. The van der Waals surface area contributed by atoms with Crippen LogP contribution in [-0.2, 0) is 13.6 Å². The van der Waals surface area contributed by atoms with E-state index in [2.05, 4.69) is 15.3 Å². The van der Waals surface area contributed by atoms with Crippen LogP contribution in [0.2, 0.25) is 5.02 Å². The van der Waals surface area contributed by atoms with Crippen LogP contribution in [0.5, 0.6) is 0 Å². The molecule has 0 aliphatic carbocycles. The third-order valence-electron chi connectivity index (χ3n) is 3.55. The van der Waals surface area contributed by atoms with Crippen LogP contribution in [-0.4, -0.2) is 14.5 Å². The first-order valence-corrected chi connectivity index (χ1v) is 8.22. The number of nitrogens with one attached hydrogen (secondary N) is 1. The van der Waals surface area contributed by atoms with Crippen molar-refractivity contribution in [3.8, 4) is 10.6 Å². The van der Waals surface area contributed by atoms with E-state index in [1.807, 2.05) is 37.3 Å². The highest BCUT2D eigenvalue weighted by atomic mass is 35.5. The standard InChI is InChI=1S/C16H15ClN4OS/c1-10-14(23-16(22)21(10)2)13-7-8-18-15(20-13)19-9-11-3-5-12(17)6-4-11/h3-8H,9H2,1-2H3,(H,18,19,20). The first-order valence-electron chi connectivity index (χ1n) is 7.03. The Kier molecular flexibility index (Phi) is 4.45. The van der Waals surface area contributed by atoms with Gasteiger partial charge in [-0.25, -0.2) is 9.97 Å². The summed E-state index contributed by atoms with van der Waals surface area (Å²) in [5, 5.41) is 3.90. The molecule has 23 heavy (non-hydrogen) atoms. The van der Waals surface area contributed by atoms with Crippen LogP contribution in [0.25, 0.3) is 10.6 Å². The van der Waals surface area contributed by atoms with Crippen molar-refractivity contribution >= 4 is 28.9 Å². The smallest absolute Gasteiger partial charge is 0.307 e. The summed E-state index contributed by atoms with van der Waals surface area (Å²) in [6.45, 7) is 2.51. The van der Waals surface area contributed by atoms with Crippen molar-refractivity contribution in [2.45, 2.75) is 13.5 Å². The number of halogens is 1. The Bertz CT molecular complexity index is 886. The molecule has 0 aliphatic heterocycles. The Balaban J connectivity index is 1.81. The van der Waals surface area contributed by atoms with Gasteiger partial charge in [0.2, 0.25) is 5.95 Å². The highest BCUT2D eigenvalue weighted by molar-refractivity contribution is 7.13. The summed E-state index contributed by atoms with van der Waals surface area (Å²) in [6, 6.07) is 9.41. The number of hydrogen-bond donors (Lipinski definition) is 1. The van der Waals surface area contributed by atoms with Gasteiger partial charge in [0, 0.05) is 30.5 Å². The zero-order valence-electron chi connectivity index (χ0n) is 12.7. The van der Waals surface area contributed by atoms with Gasteiger partial charge >= 0.3 is 4.87 Å². The van der Waals surface area contributed by atoms with Crippen molar-refractivity contribution in [2.75, 3.05) is 5.32 Å². The number of aromatic nitrogens is 3. The number of thiazole rings is 1. The van der Waals surface area contributed by atoms with E-state index in [1.165, 1.54) is 11.3 Å². The third kappa shape index (κ3) is 3.43. The van der Waals surface area contributed by atoms with Crippen molar-refractivity contribution in [1.29, 1.82) is 0 Å². The molecule has 0 saturated carbocycles. The fourth-order valence-electron chi connectivity index (χ4n) is 2.11. The van der Waals surface area contributed by atoms with Gasteiger partial charge in [0.05, 0.1) is 10.6 Å². The Labute approximate surface area is 142 Å². The molecule has 0 amide bonds. The second-order valence-electron chi connectivity index (χ2n) is 5.09. The molecule has 3 rings (SSSR count). The molecule has 7 heteroatoms. The lowest BCUT2D eigenvalue weighted by Crippen LogP contribution is -2.08. The van der Waals surface area contributed by atoms with Crippen LogP contribution < -0.4 is 10.2 Å². The minimum atomic E-state index is 0.00628. The lowest BCUT2D eigenvalue weighted by atomic mass is 10.2. The van der Waals surface area contributed by atoms with E-state index in [4.69, 9.17) is 11.6 Å². The summed E-state index contributed by atoms with van der Waals surface area (Å²) in [7, 11) is 1.76. The molecule has 1 aromatic carbocycles. The van der Waals surface area contributed by atoms with Gasteiger partial charge in [0.25, 0.3) is 0 Å². The Morgan fingerprint density at radius 2 is 2.00 bits per heavy atom. The van der Waals surface area contributed by atoms with Gasteiger partial charge in [-0.3, -0.25) is 4.79 Å². The van der Waals surface area contributed by atoms with Gasteiger partial charge in [0.15, 0.2) is 0 Å². The molecule has 3 aromatic rings. The fraction of sp³-hybridized carbons (Fsp3) is 0.188. The quantitative estimate of drug-likeness (QED) is 0.785. The average Bonchev–Trinajstić information content (AvgIpc) is 2.82. The Morgan fingerprint density at radius 3 is 2.65 bits per heavy atom. The number of hydrogen-bond acceptors (Lipinski definition) is 5. The highest BCUT2D eigenvalue weighted by Crippen LogP contribution is 2.24. The molecule has 2 heterocycles. The van der Waals surface area contributed by atoms with Crippen LogP contribution in [0.1, 0.15) is 11.3 Å². The van der Waals surface area contributed by atoms with Crippen molar-refractivity contribution in [3.05, 3.63) is 62.5 Å². The van der Waals surface area contributed by atoms with Crippen molar-refractivity contribution in [1.82, 2.24) is 14.5 Å². The maximum Gasteiger partial charge on any atom is 0.307 e. The monoisotopic (exact) mass is 346 g/mol. The summed E-state index contributed by atoms with van der Waals surface area (Å²) < 4.78 is 1.63. The second-order valence-corrected chi connectivity index (χ2v) is 6.49. The molecule has 0 aliphatic rings. The Morgan fingerprint density at radius 1 is 1.26 bits per heavy atom. The molecule has 0 fully saturated rings. The van der Waals surface area contributed by atoms with Gasteiger partial charge < -0.3 is 9.88 Å². The van der Waals surface area contributed by atoms with E-state index < -0.39 is 0 Å². The molecule has 5 nitrogen and oxygen atoms in total. The van der Waals surface area contributed by atoms with Crippen molar-refractivity contribution < 1.29 is 0 Å². The second kappa shape index (κ2) is 6.52. The lowest BCUT2D eigenvalue weighted by Gasteiger charge is -2.06. The Hall–Kier alpha value is -2.18. The number of rotatable bonds is 4. The zero-order valence-corrected chi connectivity index (χ0v) is 14.3. The van der Waals surface area contributed by atoms with Crippen molar-refractivity contribution in [3.63, 3.8) is 0 Å². The molecule has 0 bridgehead atoms. The van der Waals surface area contributed by atoms with Gasteiger partial charge in [-0.2, -0.15) is 0 Å². The molecule has 118 valence electrons. The van der Waals surface area contributed by atoms with Crippen LogP contribution in [0.4, 0.5) is 5.95 Å². The van der Waals surface area contributed by atoms with E-state index in [0.717, 1.165) is 21.8 Å². The molecule has 1 N–H and O–H groups in total. The molecule has 0 saturated heterocycles. The first kappa shape index (κ1) is 15.7. The summed E-state index contributed by atoms with van der Waals surface area (Å²) in [5.41, 5.74) is 2.74. The molecular weight excluding hydrogens is 332 g/mol. The zero-order chi connectivity index (χ0) is 16.4. The molecule has 2 aromatic heterocycles. The summed E-state index contributed by atoms with van der Waals surface area (Å²) in [6.07, 6.45) is 1.69. The van der Waals surface area contributed by atoms with E-state index >= 15 is 0 Å². The van der Waals surface area contributed by atoms with E-state index in [0.29, 0.717) is 17.5 Å². The topological polar surface area (TPSA) is 59.8 Å².